The summed E-state index contributed by atoms with van der Waals surface area (Å²) >= 11 is 6.41. The number of anilines is 1. The topological polar surface area (TPSA) is 57.6 Å². The van der Waals surface area contributed by atoms with Crippen LogP contribution in [0.3, 0.4) is 0 Å². The summed E-state index contributed by atoms with van der Waals surface area (Å²) < 4.78 is 0. The second-order valence-electron chi connectivity index (χ2n) is 6.90. The van der Waals surface area contributed by atoms with Gasteiger partial charge in [0.15, 0.2) is 5.82 Å². The minimum Gasteiger partial charge on any atom is -0.325 e. The van der Waals surface area contributed by atoms with Crippen LogP contribution in [-0.4, -0.2) is 34.7 Å². The standard InChI is InChI=1S/C20H21ClN4O/c1-13-9-14-10-18(24-19(14)22-12-13)16-11-15(5-6-17(16)21)23-20(26)25-7-3-2-4-8-25/h5-6,9,11-12H,2-4,7-8,10H2,1H3,(H,23,26). The molecule has 2 aromatic rings. The number of hydrogen-bond donors (Lipinski definition) is 1. The number of benzene rings is 1. The van der Waals surface area contributed by atoms with Crippen molar-refractivity contribution in [2.75, 3.05) is 18.4 Å². The van der Waals surface area contributed by atoms with Crippen LogP contribution < -0.4 is 5.32 Å². The molecule has 4 rings (SSSR count). The molecule has 26 heavy (non-hydrogen) atoms. The van der Waals surface area contributed by atoms with Crippen molar-refractivity contribution < 1.29 is 4.79 Å². The molecule has 5 nitrogen and oxygen atoms in total. The first kappa shape index (κ1) is 17.0. The van der Waals surface area contributed by atoms with Gasteiger partial charge < -0.3 is 10.2 Å². The summed E-state index contributed by atoms with van der Waals surface area (Å²) in [5.41, 5.74) is 4.70. The Morgan fingerprint density at radius 1 is 1.19 bits per heavy atom. The molecule has 0 spiro atoms. The summed E-state index contributed by atoms with van der Waals surface area (Å²) in [6.07, 6.45) is 5.86. The van der Waals surface area contributed by atoms with E-state index in [1.54, 1.807) is 0 Å². The van der Waals surface area contributed by atoms with Gasteiger partial charge in [0, 0.05) is 47.5 Å². The Morgan fingerprint density at radius 2 is 2.00 bits per heavy atom. The second-order valence-corrected chi connectivity index (χ2v) is 7.31. The number of aromatic nitrogens is 1. The molecule has 0 atom stereocenters. The molecular formula is C20H21ClN4O. The third-order valence-corrected chi connectivity index (χ3v) is 5.18. The van der Waals surface area contributed by atoms with Gasteiger partial charge in [0.1, 0.15) is 0 Å². The van der Waals surface area contributed by atoms with Crippen LogP contribution in [0.1, 0.15) is 36.0 Å². The molecule has 6 heteroatoms. The lowest BCUT2D eigenvalue weighted by Crippen LogP contribution is -2.38. The number of likely N-dealkylation sites (tertiary alicyclic amines) is 1. The van der Waals surface area contributed by atoms with Crippen LogP contribution in [0.4, 0.5) is 16.3 Å². The van der Waals surface area contributed by atoms with Crippen LogP contribution in [0.25, 0.3) is 0 Å². The summed E-state index contributed by atoms with van der Waals surface area (Å²) in [7, 11) is 0. The van der Waals surface area contributed by atoms with E-state index in [-0.39, 0.29) is 6.03 Å². The van der Waals surface area contributed by atoms with Crippen LogP contribution in [0.15, 0.2) is 35.5 Å². The number of piperidine rings is 1. The monoisotopic (exact) mass is 368 g/mol. The van der Waals surface area contributed by atoms with E-state index in [4.69, 9.17) is 11.6 Å². The molecular weight excluding hydrogens is 348 g/mol. The zero-order valence-electron chi connectivity index (χ0n) is 14.8. The molecule has 0 radical (unpaired) electrons. The number of aryl methyl sites for hydroxylation is 1. The Morgan fingerprint density at radius 3 is 2.81 bits per heavy atom. The Labute approximate surface area is 158 Å². The summed E-state index contributed by atoms with van der Waals surface area (Å²) in [5.74, 6) is 0.754. The molecule has 1 aromatic carbocycles. The highest BCUT2D eigenvalue weighted by molar-refractivity contribution is 6.34. The van der Waals surface area contributed by atoms with Crippen LogP contribution in [-0.2, 0) is 6.42 Å². The number of amides is 2. The maximum atomic E-state index is 12.4. The largest absolute Gasteiger partial charge is 0.325 e. The molecule has 0 bridgehead atoms. The number of carbonyl (C=O) groups excluding carboxylic acids is 1. The van der Waals surface area contributed by atoms with E-state index in [1.165, 1.54) is 6.42 Å². The molecule has 0 saturated carbocycles. The molecule has 3 heterocycles. The van der Waals surface area contributed by atoms with Crippen molar-refractivity contribution in [3.05, 3.63) is 52.2 Å². The quantitative estimate of drug-likeness (QED) is 0.832. The van der Waals surface area contributed by atoms with Crippen LogP contribution in [0.5, 0.6) is 0 Å². The van der Waals surface area contributed by atoms with E-state index in [1.807, 2.05) is 36.2 Å². The SMILES string of the molecule is Cc1cnc2c(c1)CC(c1cc(NC(=O)N3CCCCC3)ccc1Cl)=N2. The minimum absolute atomic E-state index is 0.0492. The van der Waals surface area contributed by atoms with Gasteiger partial charge in [-0.2, -0.15) is 0 Å². The number of fused-ring (bicyclic) bond motifs is 1. The summed E-state index contributed by atoms with van der Waals surface area (Å²) in [5, 5.41) is 3.62. The maximum absolute atomic E-state index is 12.4. The fraction of sp³-hybridized carbons (Fsp3) is 0.350. The van der Waals surface area contributed by atoms with Gasteiger partial charge in [-0.3, -0.25) is 0 Å². The van der Waals surface area contributed by atoms with Crippen molar-refractivity contribution in [2.45, 2.75) is 32.6 Å². The second kappa shape index (κ2) is 7.08. The number of carbonyl (C=O) groups is 1. The minimum atomic E-state index is -0.0492. The van der Waals surface area contributed by atoms with E-state index in [0.29, 0.717) is 11.4 Å². The average molecular weight is 369 g/mol. The molecule has 2 aliphatic heterocycles. The van der Waals surface area contributed by atoms with Gasteiger partial charge in [0.05, 0.1) is 5.71 Å². The lowest BCUT2D eigenvalue weighted by Gasteiger charge is -2.26. The van der Waals surface area contributed by atoms with Gasteiger partial charge in [-0.1, -0.05) is 17.7 Å². The fourth-order valence-corrected chi connectivity index (χ4v) is 3.71. The first-order chi connectivity index (χ1) is 12.6. The number of aliphatic imine (C=N–C) groups is 1. The summed E-state index contributed by atoms with van der Waals surface area (Å²) in [6.45, 7) is 3.66. The molecule has 134 valence electrons. The van der Waals surface area contributed by atoms with Gasteiger partial charge in [0.2, 0.25) is 0 Å². The summed E-state index contributed by atoms with van der Waals surface area (Å²) in [6, 6.07) is 7.61. The molecule has 0 unspecified atom stereocenters. The highest BCUT2D eigenvalue weighted by Gasteiger charge is 2.21. The Balaban J connectivity index is 1.55. The van der Waals surface area contributed by atoms with Gasteiger partial charge in [-0.15, -0.1) is 0 Å². The highest BCUT2D eigenvalue weighted by Crippen LogP contribution is 2.31. The molecule has 1 aromatic heterocycles. The van der Waals surface area contributed by atoms with E-state index in [0.717, 1.165) is 59.8 Å². The Hall–Kier alpha value is -2.40. The van der Waals surface area contributed by atoms with E-state index in [9.17, 15) is 4.79 Å². The van der Waals surface area contributed by atoms with Crippen molar-refractivity contribution in [3.8, 4) is 0 Å². The van der Waals surface area contributed by atoms with Gasteiger partial charge >= 0.3 is 6.03 Å². The van der Waals surface area contributed by atoms with Crippen molar-refractivity contribution in [2.24, 2.45) is 4.99 Å². The first-order valence-corrected chi connectivity index (χ1v) is 9.37. The number of urea groups is 1. The predicted octanol–water partition coefficient (Wildman–Crippen LogP) is 4.74. The molecule has 1 saturated heterocycles. The number of halogens is 1. The predicted molar refractivity (Wildman–Crippen MR) is 105 cm³/mol. The first-order valence-electron chi connectivity index (χ1n) is 8.99. The van der Waals surface area contributed by atoms with E-state index >= 15 is 0 Å². The van der Waals surface area contributed by atoms with Crippen molar-refractivity contribution in [1.29, 1.82) is 0 Å². The lowest BCUT2D eigenvalue weighted by atomic mass is 10.0. The smallest absolute Gasteiger partial charge is 0.321 e. The van der Waals surface area contributed by atoms with Crippen molar-refractivity contribution in [3.63, 3.8) is 0 Å². The van der Waals surface area contributed by atoms with Gasteiger partial charge in [-0.25, -0.2) is 14.8 Å². The number of rotatable bonds is 2. The van der Waals surface area contributed by atoms with Crippen molar-refractivity contribution >= 4 is 34.8 Å². The third kappa shape index (κ3) is 3.44. The lowest BCUT2D eigenvalue weighted by molar-refractivity contribution is 0.200. The molecule has 1 N–H and O–H groups in total. The Kier molecular flexibility index (Phi) is 4.64. The average Bonchev–Trinajstić information content (AvgIpc) is 3.07. The van der Waals surface area contributed by atoms with Gasteiger partial charge in [-0.05, 0) is 49.9 Å². The Bertz CT molecular complexity index is 887. The number of hydrogen-bond acceptors (Lipinski definition) is 3. The highest BCUT2D eigenvalue weighted by atomic mass is 35.5. The van der Waals surface area contributed by atoms with Crippen molar-refractivity contribution in [1.82, 2.24) is 9.88 Å². The van der Waals surface area contributed by atoms with E-state index < -0.39 is 0 Å². The van der Waals surface area contributed by atoms with E-state index in [2.05, 4.69) is 21.4 Å². The zero-order valence-corrected chi connectivity index (χ0v) is 15.5. The van der Waals surface area contributed by atoms with Gasteiger partial charge in [0.25, 0.3) is 0 Å². The summed E-state index contributed by atoms with van der Waals surface area (Å²) in [4.78, 5) is 23.3. The zero-order chi connectivity index (χ0) is 18.1. The van der Waals surface area contributed by atoms with Crippen LogP contribution in [0.2, 0.25) is 5.02 Å². The number of nitrogens with one attached hydrogen (secondary N) is 1. The molecule has 0 aliphatic carbocycles. The van der Waals surface area contributed by atoms with Crippen LogP contribution in [0, 0.1) is 6.92 Å². The third-order valence-electron chi connectivity index (χ3n) is 4.85. The normalized spacial score (nSPS) is 16.2. The molecule has 2 aliphatic rings. The van der Waals surface area contributed by atoms with Crippen LogP contribution >= 0.6 is 11.6 Å². The number of nitrogens with zero attached hydrogens (tertiary/aromatic N) is 3. The molecule has 2 amide bonds. The number of pyridine rings is 1. The maximum Gasteiger partial charge on any atom is 0.321 e. The molecule has 1 fully saturated rings. The fourth-order valence-electron chi connectivity index (χ4n) is 3.48.